The van der Waals surface area contributed by atoms with Gasteiger partial charge in [0.05, 0.1) is 16.8 Å². The molecule has 1 atom stereocenters. The number of hydrogen-bond acceptors (Lipinski definition) is 4. The maximum atomic E-state index is 14.0. The van der Waals surface area contributed by atoms with Crippen molar-refractivity contribution in [1.29, 1.82) is 0 Å². The summed E-state index contributed by atoms with van der Waals surface area (Å²) in [5.41, 5.74) is 4.41. The van der Waals surface area contributed by atoms with Crippen LogP contribution in [0.1, 0.15) is 54.9 Å². The van der Waals surface area contributed by atoms with E-state index in [9.17, 15) is 9.59 Å². The summed E-state index contributed by atoms with van der Waals surface area (Å²) in [6.45, 7) is 5.73. The molecule has 2 amide bonds. The zero-order valence-corrected chi connectivity index (χ0v) is 21.2. The molecule has 36 heavy (non-hydrogen) atoms. The van der Waals surface area contributed by atoms with E-state index in [1.165, 1.54) is 32.1 Å². The van der Waals surface area contributed by atoms with Crippen LogP contribution in [0.15, 0.2) is 54.6 Å². The van der Waals surface area contributed by atoms with Crippen molar-refractivity contribution in [3.05, 3.63) is 65.7 Å². The highest BCUT2D eigenvalue weighted by atomic mass is 16.1. The van der Waals surface area contributed by atoms with Gasteiger partial charge in [-0.15, -0.1) is 0 Å². The SMILES string of the molecule is C[C@H](NC(=O)c1c(CN2CCN(C=O)CC2)c(-c2ccccc2)nc2ccccc12)C1CCCCC1. The third kappa shape index (κ3) is 5.29. The Balaban J connectivity index is 1.57. The highest BCUT2D eigenvalue weighted by Crippen LogP contribution is 2.32. The van der Waals surface area contributed by atoms with Gasteiger partial charge in [-0.3, -0.25) is 14.5 Å². The largest absolute Gasteiger partial charge is 0.349 e. The zero-order valence-electron chi connectivity index (χ0n) is 21.2. The Bertz CT molecular complexity index is 1200. The van der Waals surface area contributed by atoms with Gasteiger partial charge in [0.1, 0.15) is 0 Å². The normalized spacial score (nSPS) is 18.2. The summed E-state index contributed by atoms with van der Waals surface area (Å²) >= 11 is 0. The lowest BCUT2D eigenvalue weighted by molar-refractivity contribution is -0.119. The molecular weight excluding hydrogens is 448 g/mol. The van der Waals surface area contributed by atoms with E-state index in [0.717, 1.165) is 52.8 Å². The van der Waals surface area contributed by atoms with Crippen LogP contribution in [0.5, 0.6) is 0 Å². The third-order valence-corrected chi connectivity index (χ3v) is 7.92. The number of pyridine rings is 1. The Hall–Kier alpha value is -3.25. The molecule has 0 radical (unpaired) electrons. The molecule has 2 aromatic carbocycles. The number of nitrogens with zero attached hydrogens (tertiary/aromatic N) is 3. The van der Waals surface area contributed by atoms with Crippen LogP contribution in [0.3, 0.4) is 0 Å². The summed E-state index contributed by atoms with van der Waals surface area (Å²) < 4.78 is 0. The second kappa shape index (κ2) is 11.2. The molecule has 2 heterocycles. The monoisotopic (exact) mass is 484 g/mol. The fourth-order valence-corrected chi connectivity index (χ4v) is 5.78. The van der Waals surface area contributed by atoms with E-state index < -0.39 is 0 Å². The molecule has 6 nitrogen and oxygen atoms in total. The number of aromatic nitrogens is 1. The Morgan fingerprint density at radius 2 is 1.69 bits per heavy atom. The van der Waals surface area contributed by atoms with Gasteiger partial charge in [-0.1, -0.05) is 67.8 Å². The minimum atomic E-state index is -0.00891. The lowest BCUT2D eigenvalue weighted by Crippen LogP contribution is -2.45. The first kappa shape index (κ1) is 24.4. The van der Waals surface area contributed by atoms with Gasteiger partial charge < -0.3 is 10.2 Å². The molecule has 0 spiro atoms. The van der Waals surface area contributed by atoms with Crippen molar-refractivity contribution in [2.75, 3.05) is 26.2 Å². The second-order valence-corrected chi connectivity index (χ2v) is 10.3. The topological polar surface area (TPSA) is 65.5 Å². The lowest BCUT2D eigenvalue weighted by Gasteiger charge is -2.33. The van der Waals surface area contributed by atoms with E-state index in [1.54, 1.807) is 0 Å². The first-order valence-electron chi connectivity index (χ1n) is 13.3. The fourth-order valence-electron chi connectivity index (χ4n) is 5.78. The second-order valence-electron chi connectivity index (χ2n) is 10.3. The van der Waals surface area contributed by atoms with Crippen molar-refractivity contribution < 1.29 is 9.59 Å². The van der Waals surface area contributed by atoms with Crippen LogP contribution in [-0.4, -0.2) is 59.3 Å². The van der Waals surface area contributed by atoms with Crippen molar-refractivity contribution >= 4 is 23.2 Å². The number of amides is 2. The number of para-hydroxylation sites is 1. The van der Waals surface area contributed by atoms with Crippen LogP contribution in [0.4, 0.5) is 0 Å². The van der Waals surface area contributed by atoms with Crippen molar-refractivity contribution in [3.8, 4) is 11.3 Å². The lowest BCUT2D eigenvalue weighted by atomic mass is 9.84. The Labute approximate surface area is 213 Å². The number of carbonyl (C=O) groups is 2. The van der Waals surface area contributed by atoms with Gasteiger partial charge in [-0.25, -0.2) is 4.98 Å². The number of nitrogens with one attached hydrogen (secondary N) is 1. The number of hydrogen-bond donors (Lipinski definition) is 1. The first-order valence-corrected chi connectivity index (χ1v) is 13.3. The number of benzene rings is 2. The molecule has 2 fully saturated rings. The van der Waals surface area contributed by atoms with Crippen LogP contribution >= 0.6 is 0 Å². The molecule has 188 valence electrons. The van der Waals surface area contributed by atoms with Gasteiger partial charge in [-0.2, -0.15) is 0 Å². The molecule has 1 saturated heterocycles. The van der Waals surface area contributed by atoms with E-state index in [2.05, 4.69) is 29.3 Å². The van der Waals surface area contributed by atoms with Gasteiger partial charge in [0.25, 0.3) is 5.91 Å². The average molecular weight is 485 g/mol. The van der Waals surface area contributed by atoms with Crippen molar-refractivity contribution in [1.82, 2.24) is 20.1 Å². The van der Waals surface area contributed by atoms with E-state index in [4.69, 9.17) is 4.98 Å². The Morgan fingerprint density at radius 3 is 2.42 bits per heavy atom. The molecule has 1 N–H and O–H groups in total. The summed E-state index contributed by atoms with van der Waals surface area (Å²) in [5.74, 6) is 0.523. The predicted octanol–water partition coefficient (Wildman–Crippen LogP) is 4.87. The van der Waals surface area contributed by atoms with Gasteiger partial charge in [0.15, 0.2) is 0 Å². The predicted molar refractivity (Wildman–Crippen MR) is 144 cm³/mol. The van der Waals surface area contributed by atoms with E-state index in [1.807, 2.05) is 47.4 Å². The average Bonchev–Trinajstić information content (AvgIpc) is 2.94. The van der Waals surface area contributed by atoms with Crippen molar-refractivity contribution in [2.45, 2.75) is 51.6 Å². The third-order valence-electron chi connectivity index (χ3n) is 7.92. The summed E-state index contributed by atoms with van der Waals surface area (Å²) in [4.78, 5) is 34.5. The summed E-state index contributed by atoms with van der Waals surface area (Å²) in [6.07, 6.45) is 7.09. The molecule has 2 aliphatic rings. The van der Waals surface area contributed by atoms with Gasteiger partial charge in [-0.05, 0) is 31.7 Å². The quantitative estimate of drug-likeness (QED) is 0.486. The molecule has 3 aromatic rings. The molecular formula is C30H36N4O2. The van der Waals surface area contributed by atoms with Gasteiger partial charge >= 0.3 is 0 Å². The summed E-state index contributed by atoms with van der Waals surface area (Å²) in [6, 6.07) is 18.3. The molecule has 1 aliphatic heterocycles. The number of rotatable bonds is 7. The van der Waals surface area contributed by atoms with E-state index in [0.29, 0.717) is 25.6 Å². The Morgan fingerprint density at radius 1 is 1.00 bits per heavy atom. The Kier molecular flexibility index (Phi) is 7.61. The fraction of sp³-hybridized carbons (Fsp3) is 0.433. The minimum Gasteiger partial charge on any atom is -0.349 e. The van der Waals surface area contributed by atoms with Gasteiger partial charge in [0.2, 0.25) is 6.41 Å². The maximum Gasteiger partial charge on any atom is 0.252 e. The molecule has 1 aliphatic carbocycles. The van der Waals surface area contributed by atoms with E-state index >= 15 is 0 Å². The number of piperazine rings is 1. The number of carbonyl (C=O) groups excluding carboxylic acids is 2. The van der Waals surface area contributed by atoms with Crippen LogP contribution in [0.2, 0.25) is 0 Å². The first-order chi connectivity index (χ1) is 17.6. The van der Waals surface area contributed by atoms with Gasteiger partial charge in [0, 0.05) is 55.3 Å². The number of fused-ring (bicyclic) bond motifs is 1. The summed E-state index contributed by atoms with van der Waals surface area (Å²) in [5, 5.41) is 4.29. The minimum absolute atomic E-state index is 0.00891. The van der Waals surface area contributed by atoms with Crippen molar-refractivity contribution in [2.24, 2.45) is 5.92 Å². The molecule has 1 aromatic heterocycles. The zero-order chi connectivity index (χ0) is 24.9. The highest BCUT2D eigenvalue weighted by Gasteiger charge is 2.27. The van der Waals surface area contributed by atoms with Crippen LogP contribution in [-0.2, 0) is 11.3 Å². The van der Waals surface area contributed by atoms with Crippen LogP contribution in [0.25, 0.3) is 22.2 Å². The smallest absolute Gasteiger partial charge is 0.252 e. The molecule has 1 saturated carbocycles. The molecule has 0 bridgehead atoms. The van der Waals surface area contributed by atoms with Crippen LogP contribution < -0.4 is 5.32 Å². The van der Waals surface area contributed by atoms with Crippen molar-refractivity contribution in [3.63, 3.8) is 0 Å². The maximum absolute atomic E-state index is 14.0. The molecule has 5 rings (SSSR count). The standard InChI is InChI=1S/C30H36N4O2/c1-22(23-10-4-2-5-11-23)31-30(36)28-25-14-8-9-15-27(25)32-29(24-12-6-3-7-13-24)26(28)20-33-16-18-34(21-35)19-17-33/h3,6-9,12-15,21-23H,2,4-5,10-11,16-20H2,1H3,(H,31,36)/t22-/m0/s1. The molecule has 6 heteroatoms. The highest BCUT2D eigenvalue weighted by molar-refractivity contribution is 6.09. The summed E-state index contributed by atoms with van der Waals surface area (Å²) in [7, 11) is 0. The van der Waals surface area contributed by atoms with E-state index in [-0.39, 0.29) is 11.9 Å². The molecule has 0 unspecified atom stereocenters. The van der Waals surface area contributed by atoms with Crippen LogP contribution in [0, 0.1) is 5.92 Å².